The van der Waals surface area contributed by atoms with Crippen molar-refractivity contribution in [3.8, 4) is 11.5 Å². The molecule has 1 aliphatic heterocycles. The average Bonchev–Trinajstić information content (AvgIpc) is 2.97. The number of fused-ring (bicyclic) bond motifs is 1. The molecule has 122 valence electrons. The molecule has 1 aromatic carbocycles. The lowest BCUT2D eigenvalue weighted by Gasteiger charge is -2.26. The van der Waals surface area contributed by atoms with Crippen LogP contribution in [0.25, 0.3) is 0 Å². The van der Waals surface area contributed by atoms with Crippen LogP contribution in [0.4, 0.5) is 0 Å². The van der Waals surface area contributed by atoms with E-state index in [-0.39, 0.29) is 18.4 Å². The lowest BCUT2D eigenvalue weighted by molar-refractivity contribution is -0.131. The third-order valence-electron chi connectivity index (χ3n) is 4.03. The highest BCUT2D eigenvalue weighted by atomic mass is 16.6. The third kappa shape index (κ3) is 3.31. The van der Waals surface area contributed by atoms with Crippen molar-refractivity contribution in [3.05, 3.63) is 41.3 Å². The molecule has 0 bridgehead atoms. The predicted octanol–water partition coefficient (Wildman–Crippen LogP) is 2.52. The molecule has 0 spiro atoms. The van der Waals surface area contributed by atoms with Gasteiger partial charge in [0.25, 0.3) is 0 Å². The maximum Gasteiger partial charge on any atom is 0.230 e. The third-order valence-corrected chi connectivity index (χ3v) is 4.03. The quantitative estimate of drug-likeness (QED) is 0.867. The molecule has 0 saturated carbocycles. The fraction of sp³-hybridized carbons (Fsp3) is 0.412. The maximum atomic E-state index is 12.4. The molecule has 0 N–H and O–H groups in total. The van der Waals surface area contributed by atoms with Crippen LogP contribution in [0.1, 0.15) is 30.0 Å². The first-order valence-electron chi connectivity index (χ1n) is 7.62. The summed E-state index contributed by atoms with van der Waals surface area (Å²) < 4.78 is 16.2. The van der Waals surface area contributed by atoms with Gasteiger partial charge in [0.05, 0.1) is 18.2 Å². The number of carbonyl (C=O) groups is 1. The Hall–Kier alpha value is -2.50. The van der Waals surface area contributed by atoms with Crippen LogP contribution in [0.2, 0.25) is 0 Å². The first-order chi connectivity index (χ1) is 11.0. The summed E-state index contributed by atoms with van der Waals surface area (Å²) in [5, 5.41) is 3.80. The summed E-state index contributed by atoms with van der Waals surface area (Å²) in [6, 6.07) is 7.48. The summed E-state index contributed by atoms with van der Waals surface area (Å²) in [6.45, 7) is 4.93. The summed E-state index contributed by atoms with van der Waals surface area (Å²) in [5.74, 6) is 2.03. The number of benzene rings is 1. The zero-order chi connectivity index (χ0) is 16.4. The maximum absolute atomic E-state index is 12.4. The Kier molecular flexibility index (Phi) is 4.23. The number of nitrogens with zero attached hydrogens (tertiary/aromatic N) is 2. The van der Waals surface area contributed by atoms with Gasteiger partial charge in [0.1, 0.15) is 19.0 Å². The van der Waals surface area contributed by atoms with Crippen molar-refractivity contribution in [3.63, 3.8) is 0 Å². The highest BCUT2D eigenvalue weighted by Gasteiger charge is 2.21. The molecule has 23 heavy (non-hydrogen) atoms. The second-order valence-corrected chi connectivity index (χ2v) is 5.70. The van der Waals surface area contributed by atoms with E-state index in [1.54, 1.807) is 18.0 Å². The molecule has 0 fully saturated rings. The normalized spacial score (nSPS) is 14.4. The van der Waals surface area contributed by atoms with E-state index in [4.69, 9.17) is 14.0 Å². The largest absolute Gasteiger partial charge is 0.486 e. The van der Waals surface area contributed by atoms with Crippen LogP contribution in [0.15, 0.2) is 28.8 Å². The SMILES string of the molecule is Cc1cc(CC(=O)N(C)C(C)c2ccc3c(c2)OCCO3)on1. The zero-order valence-corrected chi connectivity index (χ0v) is 13.5. The van der Waals surface area contributed by atoms with Crippen molar-refractivity contribution in [2.45, 2.75) is 26.3 Å². The lowest BCUT2D eigenvalue weighted by atomic mass is 10.1. The molecule has 6 nitrogen and oxygen atoms in total. The van der Waals surface area contributed by atoms with Gasteiger partial charge >= 0.3 is 0 Å². The first kappa shape index (κ1) is 15.4. The summed E-state index contributed by atoms with van der Waals surface area (Å²) >= 11 is 0. The van der Waals surface area contributed by atoms with Crippen molar-refractivity contribution in [2.24, 2.45) is 0 Å². The van der Waals surface area contributed by atoms with Crippen molar-refractivity contribution >= 4 is 5.91 Å². The molecular formula is C17H20N2O4. The fourth-order valence-corrected chi connectivity index (χ4v) is 2.53. The Morgan fingerprint density at radius 3 is 2.70 bits per heavy atom. The molecule has 1 amide bonds. The van der Waals surface area contributed by atoms with E-state index >= 15 is 0 Å². The number of aromatic nitrogens is 1. The van der Waals surface area contributed by atoms with Crippen LogP contribution < -0.4 is 9.47 Å². The standard InChI is InChI=1S/C17H20N2O4/c1-11-8-14(23-18-11)10-17(20)19(3)12(2)13-4-5-15-16(9-13)22-7-6-21-15/h4-5,8-9,12H,6-7,10H2,1-3H3. The molecule has 0 radical (unpaired) electrons. The van der Waals surface area contributed by atoms with Gasteiger partial charge in [-0.05, 0) is 31.5 Å². The van der Waals surface area contributed by atoms with Crippen molar-refractivity contribution < 1.29 is 18.8 Å². The van der Waals surface area contributed by atoms with Gasteiger partial charge in [0, 0.05) is 13.1 Å². The summed E-state index contributed by atoms with van der Waals surface area (Å²) in [5.41, 5.74) is 1.77. The minimum absolute atomic E-state index is 0.0245. The minimum Gasteiger partial charge on any atom is -0.486 e. The summed E-state index contributed by atoms with van der Waals surface area (Å²) in [7, 11) is 1.78. The van der Waals surface area contributed by atoms with Gasteiger partial charge in [-0.2, -0.15) is 0 Å². The topological polar surface area (TPSA) is 64.8 Å². The molecule has 6 heteroatoms. The monoisotopic (exact) mass is 316 g/mol. The van der Waals surface area contributed by atoms with E-state index < -0.39 is 0 Å². The van der Waals surface area contributed by atoms with Crippen molar-refractivity contribution in [2.75, 3.05) is 20.3 Å². The molecular weight excluding hydrogens is 296 g/mol. The first-order valence-corrected chi connectivity index (χ1v) is 7.62. The van der Waals surface area contributed by atoms with Gasteiger partial charge < -0.3 is 18.9 Å². The number of hydrogen-bond donors (Lipinski definition) is 0. The second kappa shape index (κ2) is 6.32. The lowest BCUT2D eigenvalue weighted by Crippen LogP contribution is -2.31. The van der Waals surface area contributed by atoms with Gasteiger partial charge in [0.15, 0.2) is 11.5 Å². The highest BCUT2D eigenvalue weighted by molar-refractivity contribution is 5.78. The second-order valence-electron chi connectivity index (χ2n) is 5.70. The van der Waals surface area contributed by atoms with Crippen LogP contribution in [0.5, 0.6) is 11.5 Å². The number of rotatable bonds is 4. The number of aryl methyl sites for hydroxylation is 1. The van der Waals surface area contributed by atoms with E-state index in [0.29, 0.717) is 19.0 Å². The number of amides is 1. The van der Waals surface area contributed by atoms with Crippen molar-refractivity contribution in [1.82, 2.24) is 10.1 Å². The molecule has 1 aromatic heterocycles. The molecule has 1 aliphatic rings. The number of hydrogen-bond acceptors (Lipinski definition) is 5. The van der Waals surface area contributed by atoms with E-state index in [9.17, 15) is 4.79 Å². The molecule has 0 saturated heterocycles. The van der Waals surface area contributed by atoms with E-state index in [0.717, 1.165) is 22.8 Å². The summed E-state index contributed by atoms with van der Waals surface area (Å²) in [4.78, 5) is 14.1. The van der Waals surface area contributed by atoms with E-state index in [1.165, 1.54) is 0 Å². The molecule has 1 atom stereocenters. The van der Waals surface area contributed by atoms with E-state index in [1.807, 2.05) is 32.0 Å². The Morgan fingerprint density at radius 1 is 1.26 bits per heavy atom. The highest BCUT2D eigenvalue weighted by Crippen LogP contribution is 2.33. The van der Waals surface area contributed by atoms with E-state index in [2.05, 4.69) is 5.16 Å². The van der Waals surface area contributed by atoms with Gasteiger partial charge in [-0.15, -0.1) is 0 Å². The van der Waals surface area contributed by atoms with Gasteiger partial charge in [-0.1, -0.05) is 11.2 Å². The number of likely N-dealkylation sites (N-methyl/N-ethyl adjacent to an activating group) is 1. The predicted molar refractivity (Wildman–Crippen MR) is 83.6 cm³/mol. The molecule has 2 heterocycles. The Bertz CT molecular complexity index is 710. The van der Waals surface area contributed by atoms with Crippen LogP contribution in [0.3, 0.4) is 0 Å². The van der Waals surface area contributed by atoms with Crippen LogP contribution in [-0.4, -0.2) is 36.2 Å². The Balaban J connectivity index is 1.71. The molecule has 0 aliphatic carbocycles. The van der Waals surface area contributed by atoms with Gasteiger partial charge in [0.2, 0.25) is 5.91 Å². The number of carbonyl (C=O) groups excluding carboxylic acids is 1. The Labute approximate surface area is 135 Å². The minimum atomic E-state index is -0.0812. The number of ether oxygens (including phenoxy) is 2. The smallest absolute Gasteiger partial charge is 0.230 e. The average molecular weight is 316 g/mol. The summed E-state index contributed by atoms with van der Waals surface area (Å²) in [6.07, 6.45) is 0.201. The van der Waals surface area contributed by atoms with Gasteiger partial charge in [-0.25, -0.2) is 0 Å². The van der Waals surface area contributed by atoms with Gasteiger partial charge in [-0.3, -0.25) is 4.79 Å². The zero-order valence-electron chi connectivity index (χ0n) is 13.5. The fourth-order valence-electron chi connectivity index (χ4n) is 2.53. The van der Waals surface area contributed by atoms with Crippen LogP contribution >= 0.6 is 0 Å². The molecule has 2 aromatic rings. The molecule has 1 unspecified atom stereocenters. The van der Waals surface area contributed by atoms with Crippen LogP contribution in [0, 0.1) is 6.92 Å². The van der Waals surface area contributed by atoms with Crippen LogP contribution in [-0.2, 0) is 11.2 Å². The van der Waals surface area contributed by atoms with Crippen molar-refractivity contribution in [1.29, 1.82) is 0 Å². The molecule has 3 rings (SSSR count). The Morgan fingerprint density at radius 2 is 2.00 bits per heavy atom.